The molecule has 0 atom stereocenters. The van der Waals surface area contributed by atoms with Gasteiger partial charge >= 0.3 is 0 Å². The van der Waals surface area contributed by atoms with Crippen molar-refractivity contribution < 1.29 is 14.6 Å². The van der Waals surface area contributed by atoms with E-state index in [0.29, 0.717) is 11.5 Å². The molecule has 1 amide bonds. The van der Waals surface area contributed by atoms with Gasteiger partial charge in [0.1, 0.15) is 5.60 Å². The second-order valence-corrected chi connectivity index (χ2v) is 8.07. The molecule has 1 spiro atoms. The summed E-state index contributed by atoms with van der Waals surface area (Å²) in [4.78, 5) is 25.3. The Kier molecular flexibility index (Phi) is 5.12. The Morgan fingerprint density at radius 1 is 1.44 bits per heavy atom. The van der Waals surface area contributed by atoms with Crippen LogP contribution in [-0.2, 0) is 16.8 Å². The summed E-state index contributed by atoms with van der Waals surface area (Å²) < 4.78 is 6.29. The minimum absolute atomic E-state index is 0.0548. The molecule has 4 heterocycles. The van der Waals surface area contributed by atoms with Gasteiger partial charge in [-0.25, -0.2) is 9.97 Å². The Morgan fingerprint density at radius 2 is 2.26 bits per heavy atom. The van der Waals surface area contributed by atoms with Crippen LogP contribution < -0.4 is 10.2 Å². The molecule has 2 aliphatic rings. The highest BCUT2D eigenvalue weighted by Crippen LogP contribution is 2.45. The van der Waals surface area contributed by atoms with Crippen LogP contribution in [0.25, 0.3) is 0 Å². The number of hydrogen-bond acceptors (Lipinski definition) is 7. The first-order valence-corrected chi connectivity index (χ1v) is 10.1. The second-order valence-electron chi connectivity index (χ2n) is 7.02. The van der Waals surface area contributed by atoms with Crippen molar-refractivity contribution in [1.29, 1.82) is 0 Å². The molecule has 7 nitrogen and oxygen atoms in total. The zero-order valence-electron chi connectivity index (χ0n) is 15.4. The number of aliphatic hydroxyl groups is 1. The van der Waals surface area contributed by atoms with E-state index in [-0.39, 0.29) is 24.7 Å². The summed E-state index contributed by atoms with van der Waals surface area (Å²) in [5.74, 6) is 0.653. The van der Waals surface area contributed by atoms with Gasteiger partial charge in [0, 0.05) is 36.4 Å². The Balaban J connectivity index is 1.53. The number of carbonyl (C=O) groups is 1. The van der Waals surface area contributed by atoms with Crippen molar-refractivity contribution in [3.05, 3.63) is 39.3 Å². The highest BCUT2D eigenvalue weighted by molar-refractivity contribution is 7.14. The van der Waals surface area contributed by atoms with Crippen molar-refractivity contribution in [1.82, 2.24) is 15.3 Å². The van der Waals surface area contributed by atoms with Gasteiger partial charge in [0.05, 0.1) is 18.1 Å². The lowest BCUT2D eigenvalue weighted by Crippen LogP contribution is -2.46. The highest BCUT2D eigenvalue weighted by Gasteiger charge is 2.43. The van der Waals surface area contributed by atoms with Gasteiger partial charge in [-0.3, -0.25) is 4.79 Å². The molecule has 27 heavy (non-hydrogen) atoms. The average Bonchev–Trinajstić information content (AvgIpc) is 3.13. The molecule has 0 unspecified atom stereocenters. The van der Waals surface area contributed by atoms with Crippen molar-refractivity contribution in [2.45, 2.75) is 31.8 Å². The largest absolute Gasteiger partial charge is 0.395 e. The van der Waals surface area contributed by atoms with Crippen LogP contribution in [0.2, 0.25) is 0 Å². The lowest BCUT2D eigenvalue weighted by atomic mass is 9.85. The van der Waals surface area contributed by atoms with Crippen molar-refractivity contribution in [2.75, 3.05) is 37.7 Å². The van der Waals surface area contributed by atoms with Gasteiger partial charge in [-0.05, 0) is 43.9 Å². The van der Waals surface area contributed by atoms with E-state index in [1.807, 2.05) is 19.1 Å². The molecule has 2 N–H and O–H groups in total. The number of thiophene rings is 1. The number of nitrogens with zero attached hydrogens (tertiary/aromatic N) is 3. The number of anilines is 1. The first kappa shape index (κ1) is 18.3. The summed E-state index contributed by atoms with van der Waals surface area (Å²) in [6.45, 7) is 4.53. The Morgan fingerprint density at radius 3 is 3.00 bits per heavy atom. The quantitative estimate of drug-likeness (QED) is 0.828. The molecule has 8 heteroatoms. The number of amides is 1. The van der Waals surface area contributed by atoms with E-state index in [1.54, 1.807) is 6.20 Å². The van der Waals surface area contributed by atoms with Crippen LogP contribution in [0.1, 0.15) is 38.6 Å². The van der Waals surface area contributed by atoms with Crippen molar-refractivity contribution >= 4 is 23.2 Å². The van der Waals surface area contributed by atoms with E-state index in [1.165, 1.54) is 21.8 Å². The van der Waals surface area contributed by atoms with Crippen LogP contribution in [0.15, 0.2) is 18.3 Å². The maximum atomic E-state index is 12.3. The number of carbonyl (C=O) groups excluding carboxylic acids is 1. The number of aryl methyl sites for hydroxylation is 1. The smallest absolute Gasteiger partial charge is 0.261 e. The first-order valence-electron chi connectivity index (χ1n) is 9.32. The average molecular weight is 388 g/mol. The van der Waals surface area contributed by atoms with Crippen LogP contribution in [-0.4, -0.2) is 53.8 Å². The number of fused-ring (bicyclic) bond motifs is 2. The Bertz CT molecular complexity index is 830. The van der Waals surface area contributed by atoms with Gasteiger partial charge in [0.25, 0.3) is 5.91 Å². The maximum absolute atomic E-state index is 12.3. The summed E-state index contributed by atoms with van der Waals surface area (Å²) in [5.41, 5.74) is 1.88. The predicted octanol–water partition coefficient (Wildman–Crippen LogP) is 1.64. The lowest BCUT2D eigenvalue weighted by Gasteiger charge is -2.43. The third kappa shape index (κ3) is 3.56. The van der Waals surface area contributed by atoms with E-state index in [2.05, 4.69) is 20.2 Å². The fourth-order valence-electron chi connectivity index (χ4n) is 3.82. The number of ether oxygens (including phenoxy) is 1. The van der Waals surface area contributed by atoms with E-state index in [0.717, 1.165) is 44.0 Å². The number of aromatic nitrogens is 2. The molecule has 0 bridgehead atoms. The normalized spacial score (nSPS) is 18.4. The number of rotatable bonds is 4. The first-order chi connectivity index (χ1) is 13.1. The predicted molar refractivity (Wildman–Crippen MR) is 103 cm³/mol. The third-order valence-electron chi connectivity index (χ3n) is 5.23. The zero-order chi connectivity index (χ0) is 18.9. The minimum Gasteiger partial charge on any atom is -0.395 e. The lowest BCUT2D eigenvalue weighted by molar-refractivity contribution is -0.0736. The second kappa shape index (κ2) is 7.53. The molecule has 0 saturated carbocycles. The molecular weight excluding hydrogens is 364 g/mol. The van der Waals surface area contributed by atoms with Gasteiger partial charge < -0.3 is 20.1 Å². The fraction of sp³-hybridized carbons (Fsp3) is 0.526. The van der Waals surface area contributed by atoms with Crippen molar-refractivity contribution in [3.63, 3.8) is 0 Å². The van der Waals surface area contributed by atoms with Gasteiger partial charge in [-0.15, -0.1) is 11.3 Å². The third-order valence-corrected chi connectivity index (χ3v) is 6.59. The summed E-state index contributed by atoms with van der Waals surface area (Å²) in [6.07, 6.45) is 4.35. The van der Waals surface area contributed by atoms with Gasteiger partial charge in [-0.2, -0.15) is 0 Å². The monoisotopic (exact) mass is 388 g/mol. The molecule has 2 aliphatic heterocycles. The summed E-state index contributed by atoms with van der Waals surface area (Å²) in [5, 5.41) is 11.7. The van der Waals surface area contributed by atoms with E-state index < -0.39 is 0 Å². The molecule has 1 fully saturated rings. The van der Waals surface area contributed by atoms with Crippen LogP contribution in [0, 0.1) is 6.92 Å². The molecule has 1 saturated heterocycles. The summed E-state index contributed by atoms with van der Waals surface area (Å²) in [6, 6.07) is 3.90. The summed E-state index contributed by atoms with van der Waals surface area (Å²) in [7, 11) is 0. The Labute approximate surface area is 162 Å². The number of hydrogen-bond donors (Lipinski definition) is 2. The molecule has 2 aromatic rings. The van der Waals surface area contributed by atoms with Crippen LogP contribution in [0.5, 0.6) is 0 Å². The van der Waals surface area contributed by atoms with Gasteiger partial charge in [-0.1, -0.05) is 0 Å². The Hall–Kier alpha value is -2.03. The van der Waals surface area contributed by atoms with Crippen molar-refractivity contribution in [3.8, 4) is 0 Å². The molecular formula is C19H24N4O3S. The van der Waals surface area contributed by atoms with Gasteiger partial charge in [0.2, 0.25) is 5.95 Å². The minimum atomic E-state index is -0.311. The highest BCUT2D eigenvalue weighted by atomic mass is 32.1. The molecule has 0 aromatic carbocycles. The molecule has 0 aliphatic carbocycles. The molecule has 0 radical (unpaired) electrons. The van der Waals surface area contributed by atoms with Crippen LogP contribution in [0.4, 0.5) is 5.95 Å². The SMILES string of the molecule is Cc1ccnc(N2CCC3(CC2)OCCc2cc(C(=O)NCCO)sc23)n1. The topological polar surface area (TPSA) is 87.6 Å². The number of piperidine rings is 1. The number of nitrogens with one attached hydrogen (secondary N) is 1. The van der Waals surface area contributed by atoms with Crippen LogP contribution >= 0.6 is 11.3 Å². The standard InChI is InChI=1S/C19H24N4O3S/c1-13-2-6-21-18(22-13)23-8-4-19(5-9-23)16-14(3-11-26-19)12-15(27-16)17(25)20-7-10-24/h2,6,12,24H,3-5,7-11H2,1H3,(H,20,25). The van der Waals surface area contributed by atoms with Crippen molar-refractivity contribution in [2.24, 2.45) is 0 Å². The van der Waals surface area contributed by atoms with E-state index >= 15 is 0 Å². The number of aliphatic hydroxyl groups excluding tert-OH is 1. The van der Waals surface area contributed by atoms with E-state index in [9.17, 15) is 4.79 Å². The molecule has 2 aromatic heterocycles. The maximum Gasteiger partial charge on any atom is 0.261 e. The fourth-order valence-corrected chi connectivity index (χ4v) is 5.14. The summed E-state index contributed by atoms with van der Waals surface area (Å²) >= 11 is 1.53. The molecule has 4 rings (SSSR count). The molecule has 144 valence electrons. The van der Waals surface area contributed by atoms with Crippen LogP contribution in [0.3, 0.4) is 0 Å². The van der Waals surface area contributed by atoms with Gasteiger partial charge in [0.15, 0.2) is 0 Å². The zero-order valence-corrected chi connectivity index (χ0v) is 16.2. The van der Waals surface area contributed by atoms with E-state index in [4.69, 9.17) is 9.84 Å².